The van der Waals surface area contributed by atoms with E-state index in [9.17, 15) is 4.79 Å². The Bertz CT molecular complexity index is 331. The molecule has 0 aliphatic carbocycles. The molecule has 0 saturated heterocycles. The van der Waals surface area contributed by atoms with E-state index in [4.69, 9.17) is 0 Å². The fourth-order valence-corrected chi connectivity index (χ4v) is 0.763. The van der Waals surface area contributed by atoms with Crippen molar-refractivity contribution in [2.75, 3.05) is 7.11 Å². The number of hydrogen-bond acceptors (Lipinski definition) is 2. The van der Waals surface area contributed by atoms with Crippen LogP contribution in [0.25, 0.3) is 6.08 Å². The fourth-order valence-electron chi connectivity index (χ4n) is 0.763. The van der Waals surface area contributed by atoms with Gasteiger partial charge in [0, 0.05) is 43.3 Å². The third kappa shape index (κ3) is 8.72. The molecule has 0 fully saturated rings. The van der Waals surface area contributed by atoms with Crippen molar-refractivity contribution >= 4 is 49.8 Å². The largest absolute Gasteiger partial charge is 0.466 e. The number of rotatable bonds is 2. The van der Waals surface area contributed by atoms with Crippen molar-refractivity contribution in [3.8, 4) is 0 Å². The molecule has 0 aromatic heterocycles. The van der Waals surface area contributed by atoms with Crippen LogP contribution in [0.15, 0.2) is 49.1 Å². The Hall–Kier alpha value is -0.570. The number of carbonyl (C=O) groups excluding carboxylic acids is 1. The van der Waals surface area contributed by atoms with Gasteiger partial charge in [-0.1, -0.05) is 49.6 Å². The van der Waals surface area contributed by atoms with Crippen LogP contribution in [-0.4, -0.2) is 50.8 Å². The summed E-state index contributed by atoms with van der Waals surface area (Å²) in [7, 11) is 1.33. The number of ether oxygens (including phenoxy) is 1. The molecule has 1 aromatic rings. The van der Waals surface area contributed by atoms with Gasteiger partial charge in [0.15, 0.2) is 0 Å². The minimum Gasteiger partial charge on any atom is -0.466 e. The van der Waals surface area contributed by atoms with E-state index in [2.05, 4.69) is 17.9 Å². The molecule has 2 nitrogen and oxygen atoms in total. The van der Waals surface area contributed by atoms with Crippen LogP contribution >= 0.6 is 0 Å². The average Bonchev–Trinajstić information content (AvgIpc) is 2.29. The van der Waals surface area contributed by atoms with Gasteiger partial charge in [0.05, 0.1) is 7.11 Å². The van der Waals surface area contributed by atoms with Gasteiger partial charge in [0.25, 0.3) is 0 Å². The zero-order valence-electron chi connectivity index (χ0n) is 9.90. The molecule has 0 unspecified atom stereocenters. The number of esters is 1. The summed E-state index contributed by atoms with van der Waals surface area (Å²) in [5, 5.41) is 0. The van der Waals surface area contributed by atoms with Crippen molar-refractivity contribution in [3.63, 3.8) is 0 Å². The minimum atomic E-state index is -0.347. The van der Waals surface area contributed by atoms with Crippen LogP contribution < -0.4 is 0 Å². The molecule has 0 aliphatic heterocycles. The van der Waals surface area contributed by atoms with Crippen molar-refractivity contribution in [2.45, 2.75) is 6.92 Å². The van der Waals surface area contributed by atoms with E-state index in [1.807, 2.05) is 36.4 Å². The van der Waals surface area contributed by atoms with E-state index in [-0.39, 0.29) is 43.7 Å². The maximum Gasteiger partial charge on any atom is 0.332 e. The first-order valence-corrected chi connectivity index (χ1v) is 4.53. The summed E-state index contributed by atoms with van der Waals surface area (Å²) in [6, 6.07) is 10.0. The van der Waals surface area contributed by atoms with Crippen molar-refractivity contribution in [2.24, 2.45) is 0 Å². The molecule has 3 heteroatoms. The van der Waals surface area contributed by atoms with Gasteiger partial charge in [-0.15, -0.1) is 0 Å². The van der Waals surface area contributed by atoms with Gasteiger partial charge in [-0.3, -0.25) is 0 Å². The first-order chi connectivity index (χ1) is 7.11. The van der Waals surface area contributed by atoms with E-state index < -0.39 is 0 Å². The van der Waals surface area contributed by atoms with E-state index >= 15 is 0 Å². The summed E-state index contributed by atoms with van der Waals surface area (Å²) in [6.45, 7) is 8.59. The SMILES string of the molecule is C=C(C)C(=O)OC.C=Cc1ccccc1.[Ca]. The summed E-state index contributed by atoms with van der Waals surface area (Å²) in [6.07, 6.45) is 1.83. The van der Waals surface area contributed by atoms with Crippen LogP contribution in [-0.2, 0) is 9.53 Å². The number of carbonyl (C=O) groups is 1. The van der Waals surface area contributed by atoms with Gasteiger partial charge in [0.2, 0.25) is 0 Å². The molecule has 1 rings (SSSR count). The van der Waals surface area contributed by atoms with Crippen LogP contribution in [0.3, 0.4) is 0 Å². The number of hydrogen-bond donors (Lipinski definition) is 0. The van der Waals surface area contributed by atoms with Crippen LogP contribution in [0.5, 0.6) is 0 Å². The first kappa shape index (κ1) is 17.8. The maximum absolute atomic E-state index is 10.2. The smallest absolute Gasteiger partial charge is 0.332 e. The first-order valence-electron chi connectivity index (χ1n) is 4.53. The van der Waals surface area contributed by atoms with Crippen LogP contribution in [0.1, 0.15) is 12.5 Å². The van der Waals surface area contributed by atoms with Gasteiger partial charge >= 0.3 is 5.97 Å². The van der Waals surface area contributed by atoms with E-state index in [0.29, 0.717) is 5.57 Å². The summed E-state index contributed by atoms with van der Waals surface area (Å²) in [4.78, 5) is 10.2. The van der Waals surface area contributed by atoms with Gasteiger partial charge in [-0.2, -0.15) is 0 Å². The average molecular weight is 244 g/mol. The molecule has 0 spiro atoms. The fraction of sp³-hybridized carbons (Fsp3) is 0.154. The third-order valence-corrected chi connectivity index (χ3v) is 1.57. The summed E-state index contributed by atoms with van der Waals surface area (Å²) in [5.74, 6) is -0.347. The molecule has 1 aromatic carbocycles. The molecule has 0 saturated carbocycles. The standard InChI is InChI=1S/C8H8.C5H8O2.Ca/c1-2-8-6-4-3-5-7-8;1-4(2)5(6)7-3;/h2-7H,1H2;1H2,2-3H3;. The second-order valence-electron chi connectivity index (χ2n) is 2.89. The molecule has 0 bridgehead atoms. The Kier molecular flexibility index (Phi) is 12.2. The predicted octanol–water partition coefficient (Wildman–Crippen LogP) is 2.68. The van der Waals surface area contributed by atoms with Crippen molar-refractivity contribution in [1.29, 1.82) is 0 Å². The molecule has 0 aliphatic rings. The Morgan fingerprint density at radius 2 is 1.81 bits per heavy atom. The van der Waals surface area contributed by atoms with Gasteiger partial charge in [0.1, 0.15) is 0 Å². The van der Waals surface area contributed by atoms with Crippen LogP contribution in [0, 0.1) is 0 Å². The molecule has 0 atom stereocenters. The number of methoxy groups -OCH3 is 1. The van der Waals surface area contributed by atoms with Crippen LogP contribution in [0.2, 0.25) is 0 Å². The second kappa shape index (κ2) is 10.9. The molecular formula is C13H16CaO2. The Labute approximate surface area is 127 Å². The maximum atomic E-state index is 10.2. The summed E-state index contributed by atoms with van der Waals surface area (Å²) >= 11 is 0. The molecule has 0 amide bonds. The molecule has 2 radical (unpaired) electrons. The normalized spacial score (nSPS) is 7.62. The third-order valence-electron chi connectivity index (χ3n) is 1.57. The summed E-state index contributed by atoms with van der Waals surface area (Å²) < 4.78 is 4.27. The second-order valence-corrected chi connectivity index (χ2v) is 2.89. The van der Waals surface area contributed by atoms with E-state index in [1.165, 1.54) is 12.7 Å². The van der Waals surface area contributed by atoms with Crippen molar-refractivity contribution in [1.82, 2.24) is 0 Å². The van der Waals surface area contributed by atoms with E-state index in [1.54, 1.807) is 6.92 Å². The minimum absolute atomic E-state index is 0. The van der Waals surface area contributed by atoms with Crippen molar-refractivity contribution in [3.05, 3.63) is 54.6 Å². The van der Waals surface area contributed by atoms with E-state index in [0.717, 1.165) is 0 Å². The Morgan fingerprint density at radius 1 is 1.31 bits per heavy atom. The van der Waals surface area contributed by atoms with Crippen molar-refractivity contribution < 1.29 is 9.53 Å². The zero-order chi connectivity index (χ0) is 11.7. The molecule has 0 N–H and O–H groups in total. The molecule has 16 heavy (non-hydrogen) atoms. The number of benzene rings is 1. The van der Waals surface area contributed by atoms with Gasteiger partial charge in [-0.05, 0) is 12.5 Å². The summed E-state index contributed by atoms with van der Waals surface area (Å²) in [5.41, 5.74) is 1.61. The zero-order valence-corrected chi connectivity index (χ0v) is 12.1. The Balaban J connectivity index is 0. The quantitative estimate of drug-likeness (QED) is 0.454. The van der Waals surface area contributed by atoms with Gasteiger partial charge < -0.3 is 4.74 Å². The molecule has 82 valence electrons. The predicted molar refractivity (Wildman–Crippen MR) is 69.1 cm³/mol. The molecular weight excluding hydrogens is 228 g/mol. The monoisotopic (exact) mass is 244 g/mol. The Morgan fingerprint density at radius 3 is 2.00 bits per heavy atom. The van der Waals surface area contributed by atoms with Crippen LogP contribution in [0.4, 0.5) is 0 Å². The topological polar surface area (TPSA) is 26.3 Å². The molecule has 0 heterocycles. The van der Waals surface area contributed by atoms with Gasteiger partial charge in [-0.25, -0.2) is 4.79 Å².